The highest BCUT2D eigenvalue weighted by molar-refractivity contribution is 6.71. The molecule has 0 spiro atoms. The number of hydrogen-bond acceptors (Lipinski definition) is 4. The first-order valence-electron chi connectivity index (χ1n) is 8.20. The highest BCUT2D eigenvalue weighted by Crippen LogP contribution is 2.24. The highest BCUT2D eigenvalue weighted by atomic mass is 16.2. The number of amides is 1. The highest BCUT2D eigenvalue weighted by Gasteiger charge is 2.30. The Hall–Kier alpha value is -2.95. The molecule has 3 rings (SSSR count). The Labute approximate surface area is 148 Å². The van der Waals surface area contributed by atoms with Crippen LogP contribution in [0, 0.1) is 13.8 Å². The van der Waals surface area contributed by atoms with Crippen molar-refractivity contribution in [2.75, 3.05) is 24.0 Å². The van der Waals surface area contributed by atoms with E-state index in [1.165, 1.54) is 10.6 Å². The summed E-state index contributed by atoms with van der Waals surface area (Å²) in [4.78, 5) is 19.3. The number of aliphatic imine (C=N–C) groups is 1. The van der Waals surface area contributed by atoms with Gasteiger partial charge in [0.2, 0.25) is 0 Å². The Morgan fingerprint density at radius 1 is 0.960 bits per heavy atom. The van der Waals surface area contributed by atoms with Gasteiger partial charge in [-0.1, -0.05) is 6.07 Å². The van der Waals surface area contributed by atoms with Crippen molar-refractivity contribution in [1.29, 1.82) is 0 Å². The zero-order chi connectivity index (χ0) is 18.1. The molecule has 0 bridgehead atoms. The SMILES string of the molecule is CC1=NN(c2ccc(C)c(C)c2)C(=O)C1=Nc1ccc(N(C)C)cc1. The van der Waals surface area contributed by atoms with Crippen LogP contribution in [0.15, 0.2) is 52.6 Å². The molecule has 0 radical (unpaired) electrons. The van der Waals surface area contributed by atoms with Gasteiger partial charge in [-0.2, -0.15) is 10.1 Å². The first-order chi connectivity index (χ1) is 11.9. The minimum absolute atomic E-state index is 0.197. The summed E-state index contributed by atoms with van der Waals surface area (Å²) in [6, 6.07) is 13.6. The van der Waals surface area contributed by atoms with Crippen LogP contribution in [0.2, 0.25) is 0 Å². The van der Waals surface area contributed by atoms with E-state index in [0.717, 1.165) is 22.6 Å². The molecule has 5 nitrogen and oxygen atoms in total. The van der Waals surface area contributed by atoms with Gasteiger partial charge in [0.15, 0.2) is 5.71 Å². The van der Waals surface area contributed by atoms with Gasteiger partial charge in [0, 0.05) is 19.8 Å². The second kappa shape index (κ2) is 6.51. The monoisotopic (exact) mass is 334 g/mol. The summed E-state index contributed by atoms with van der Waals surface area (Å²) >= 11 is 0. The van der Waals surface area contributed by atoms with E-state index < -0.39 is 0 Å². The molecule has 2 aromatic rings. The van der Waals surface area contributed by atoms with E-state index >= 15 is 0 Å². The second-order valence-electron chi connectivity index (χ2n) is 6.44. The summed E-state index contributed by atoms with van der Waals surface area (Å²) in [7, 11) is 3.97. The molecule has 1 aliphatic heterocycles. The average molecular weight is 334 g/mol. The molecule has 128 valence electrons. The van der Waals surface area contributed by atoms with Crippen molar-refractivity contribution in [3.05, 3.63) is 53.6 Å². The Morgan fingerprint density at radius 3 is 2.24 bits per heavy atom. The van der Waals surface area contributed by atoms with Crippen LogP contribution in [0.5, 0.6) is 0 Å². The lowest BCUT2D eigenvalue weighted by atomic mass is 10.1. The first kappa shape index (κ1) is 16.9. The first-order valence-corrected chi connectivity index (χ1v) is 8.20. The largest absolute Gasteiger partial charge is 0.378 e. The van der Waals surface area contributed by atoms with E-state index in [0.29, 0.717) is 11.4 Å². The van der Waals surface area contributed by atoms with Crippen molar-refractivity contribution in [3.63, 3.8) is 0 Å². The Morgan fingerprint density at radius 2 is 1.64 bits per heavy atom. The number of anilines is 2. The maximum absolute atomic E-state index is 12.8. The number of aryl methyl sites for hydroxylation is 2. The number of carbonyl (C=O) groups is 1. The molecule has 0 unspecified atom stereocenters. The van der Waals surface area contributed by atoms with Crippen molar-refractivity contribution in [2.45, 2.75) is 20.8 Å². The molecule has 0 fully saturated rings. The lowest BCUT2D eigenvalue weighted by Gasteiger charge is -2.13. The fourth-order valence-corrected chi connectivity index (χ4v) is 2.61. The van der Waals surface area contributed by atoms with Gasteiger partial charge in [0.1, 0.15) is 0 Å². The molecule has 1 aliphatic rings. The van der Waals surface area contributed by atoms with Gasteiger partial charge in [-0.05, 0) is 68.3 Å². The third-order valence-electron chi connectivity index (χ3n) is 4.33. The van der Waals surface area contributed by atoms with E-state index in [-0.39, 0.29) is 5.91 Å². The molecular formula is C20H22N4O. The molecule has 0 N–H and O–H groups in total. The fourth-order valence-electron chi connectivity index (χ4n) is 2.61. The fraction of sp³-hybridized carbons (Fsp3) is 0.250. The minimum Gasteiger partial charge on any atom is -0.378 e. The van der Waals surface area contributed by atoms with Crippen molar-refractivity contribution >= 4 is 34.4 Å². The Balaban J connectivity index is 1.90. The summed E-state index contributed by atoms with van der Waals surface area (Å²) in [5, 5.41) is 5.82. The second-order valence-corrected chi connectivity index (χ2v) is 6.44. The van der Waals surface area contributed by atoms with Crippen LogP contribution < -0.4 is 9.91 Å². The number of nitrogens with zero attached hydrogens (tertiary/aromatic N) is 4. The molecule has 1 amide bonds. The van der Waals surface area contributed by atoms with Crippen LogP contribution in [-0.2, 0) is 4.79 Å². The summed E-state index contributed by atoms with van der Waals surface area (Å²) in [5.74, 6) is -0.197. The normalized spacial score (nSPS) is 15.7. The van der Waals surface area contributed by atoms with E-state index in [1.807, 2.05) is 82.2 Å². The maximum Gasteiger partial charge on any atom is 0.299 e. The molecule has 0 atom stereocenters. The van der Waals surface area contributed by atoms with E-state index in [1.54, 1.807) is 0 Å². The summed E-state index contributed by atoms with van der Waals surface area (Å²) in [5.41, 5.74) is 5.92. The Kier molecular flexibility index (Phi) is 4.40. The zero-order valence-electron chi connectivity index (χ0n) is 15.2. The molecule has 2 aromatic carbocycles. The van der Waals surface area contributed by atoms with Gasteiger partial charge >= 0.3 is 0 Å². The number of hydrazone groups is 1. The van der Waals surface area contributed by atoms with Gasteiger partial charge < -0.3 is 4.90 Å². The molecule has 1 heterocycles. The summed E-state index contributed by atoms with van der Waals surface area (Å²) in [6.07, 6.45) is 0. The quantitative estimate of drug-likeness (QED) is 0.855. The van der Waals surface area contributed by atoms with Gasteiger partial charge in [-0.3, -0.25) is 4.79 Å². The molecule has 5 heteroatoms. The lowest BCUT2D eigenvalue weighted by Crippen LogP contribution is -2.27. The number of rotatable bonds is 3. The van der Waals surface area contributed by atoms with Crippen molar-refractivity contribution in [2.24, 2.45) is 10.1 Å². The third-order valence-corrected chi connectivity index (χ3v) is 4.33. The zero-order valence-corrected chi connectivity index (χ0v) is 15.2. The lowest BCUT2D eigenvalue weighted by molar-refractivity contribution is -0.112. The van der Waals surface area contributed by atoms with Crippen molar-refractivity contribution in [1.82, 2.24) is 0 Å². The summed E-state index contributed by atoms with van der Waals surface area (Å²) < 4.78 is 0. The van der Waals surface area contributed by atoms with E-state index in [4.69, 9.17) is 0 Å². The van der Waals surface area contributed by atoms with E-state index in [9.17, 15) is 4.79 Å². The van der Waals surface area contributed by atoms with Gasteiger partial charge in [0.05, 0.1) is 17.1 Å². The third kappa shape index (κ3) is 3.31. The smallest absolute Gasteiger partial charge is 0.299 e. The van der Waals surface area contributed by atoms with Crippen LogP contribution in [0.1, 0.15) is 18.1 Å². The molecule has 0 aliphatic carbocycles. The topological polar surface area (TPSA) is 48.3 Å². The number of benzene rings is 2. The molecule has 0 saturated heterocycles. The van der Waals surface area contributed by atoms with E-state index in [2.05, 4.69) is 10.1 Å². The van der Waals surface area contributed by atoms with Gasteiger partial charge in [-0.15, -0.1) is 0 Å². The van der Waals surface area contributed by atoms with Crippen molar-refractivity contribution in [3.8, 4) is 0 Å². The predicted octanol–water partition coefficient (Wildman–Crippen LogP) is 3.86. The van der Waals surface area contributed by atoms with Crippen LogP contribution >= 0.6 is 0 Å². The number of hydrogen-bond donors (Lipinski definition) is 0. The predicted molar refractivity (Wildman–Crippen MR) is 104 cm³/mol. The van der Waals surface area contributed by atoms with Crippen LogP contribution in [0.25, 0.3) is 0 Å². The molecule has 0 aromatic heterocycles. The Bertz CT molecular complexity index is 879. The standard InChI is InChI=1S/C20H22N4O/c1-13-6-9-18(12-14(13)2)24-20(25)19(15(3)22-24)21-16-7-10-17(11-8-16)23(4)5/h6-12H,1-5H3. The van der Waals surface area contributed by atoms with Crippen LogP contribution in [-0.4, -0.2) is 31.4 Å². The minimum atomic E-state index is -0.197. The van der Waals surface area contributed by atoms with Crippen molar-refractivity contribution < 1.29 is 4.79 Å². The average Bonchev–Trinajstić information content (AvgIpc) is 2.86. The van der Waals surface area contributed by atoms with Crippen LogP contribution in [0.3, 0.4) is 0 Å². The molecular weight excluding hydrogens is 312 g/mol. The molecule has 0 saturated carbocycles. The summed E-state index contributed by atoms with van der Waals surface area (Å²) in [6.45, 7) is 5.88. The van der Waals surface area contributed by atoms with Gasteiger partial charge in [-0.25, -0.2) is 4.99 Å². The maximum atomic E-state index is 12.8. The number of carbonyl (C=O) groups excluding carboxylic acids is 1. The molecule has 25 heavy (non-hydrogen) atoms. The van der Waals surface area contributed by atoms with Crippen LogP contribution in [0.4, 0.5) is 17.1 Å². The van der Waals surface area contributed by atoms with Gasteiger partial charge in [0.25, 0.3) is 5.91 Å².